The number of carbonyl (C=O) groups excluding carboxylic acids is 1. The Kier molecular flexibility index (Phi) is 5.65. The van der Waals surface area contributed by atoms with E-state index in [1.54, 1.807) is 4.90 Å². The molecule has 2 N–H and O–H groups in total. The summed E-state index contributed by atoms with van der Waals surface area (Å²) in [6.07, 6.45) is 3.81. The van der Waals surface area contributed by atoms with Gasteiger partial charge in [0.15, 0.2) is 0 Å². The van der Waals surface area contributed by atoms with Crippen LogP contribution in [0.2, 0.25) is 0 Å². The van der Waals surface area contributed by atoms with Gasteiger partial charge in [0.05, 0.1) is 6.61 Å². The Hall–Kier alpha value is -0.610. The molecular formula is C11H22N2O2. The van der Waals surface area contributed by atoms with Crippen LogP contribution in [0.3, 0.4) is 0 Å². The molecule has 1 aliphatic rings. The molecule has 1 aliphatic heterocycles. The van der Waals surface area contributed by atoms with Gasteiger partial charge in [-0.1, -0.05) is 6.92 Å². The number of hydrogen-bond donors (Lipinski definition) is 2. The van der Waals surface area contributed by atoms with E-state index < -0.39 is 0 Å². The van der Waals surface area contributed by atoms with E-state index in [1.165, 1.54) is 6.42 Å². The van der Waals surface area contributed by atoms with Gasteiger partial charge in [0.1, 0.15) is 0 Å². The summed E-state index contributed by atoms with van der Waals surface area (Å²) in [7, 11) is 0. The highest BCUT2D eigenvalue weighted by Crippen LogP contribution is 2.10. The third-order valence-electron chi connectivity index (χ3n) is 2.80. The summed E-state index contributed by atoms with van der Waals surface area (Å²) in [5.41, 5.74) is 0. The minimum absolute atomic E-state index is 0.0594. The Bertz CT molecular complexity index is 185. The van der Waals surface area contributed by atoms with Crippen LogP contribution in [0, 0.1) is 0 Å². The molecule has 0 bridgehead atoms. The summed E-state index contributed by atoms with van der Waals surface area (Å²) in [4.78, 5) is 13.6. The third-order valence-corrected chi connectivity index (χ3v) is 2.80. The van der Waals surface area contributed by atoms with Crippen molar-refractivity contribution in [1.82, 2.24) is 10.2 Å². The van der Waals surface area contributed by atoms with Crippen molar-refractivity contribution in [3.05, 3.63) is 0 Å². The molecule has 0 aromatic heterocycles. The van der Waals surface area contributed by atoms with Crippen LogP contribution in [0.15, 0.2) is 0 Å². The van der Waals surface area contributed by atoms with Crippen molar-refractivity contribution in [2.45, 2.75) is 38.6 Å². The first kappa shape index (κ1) is 12.5. The highest BCUT2D eigenvalue weighted by molar-refractivity contribution is 5.76. The van der Waals surface area contributed by atoms with Crippen molar-refractivity contribution in [2.24, 2.45) is 0 Å². The molecule has 1 atom stereocenters. The fraction of sp³-hybridized carbons (Fsp3) is 0.909. The zero-order chi connectivity index (χ0) is 11.1. The van der Waals surface area contributed by atoms with Crippen LogP contribution in [-0.4, -0.2) is 48.2 Å². The average Bonchev–Trinajstić information content (AvgIpc) is 2.70. The number of amides is 1. The van der Waals surface area contributed by atoms with Crippen molar-refractivity contribution in [1.29, 1.82) is 0 Å². The number of nitrogens with zero attached hydrogens (tertiary/aromatic N) is 1. The number of carbonyl (C=O) groups is 1. The minimum atomic E-state index is 0.0594. The maximum Gasteiger partial charge on any atom is 0.224 e. The number of nitrogens with one attached hydrogen (secondary N) is 1. The van der Waals surface area contributed by atoms with Crippen LogP contribution in [0.25, 0.3) is 0 Å². The Morgan fingerprint density at radius 1 is 1.53 bits per heavy atom. The second-order valence-corrected chi connectivity index (χ2v) is 4.10. The molecule has 0 aromatic rings. The average molecular weight is 214 g/mol. The van der Waals surface area contributed by atoms with Crippen LogP contribution >= 0.6 is 0 Å². The summed E-state index contributed by atoms with van der Waals surface area (Å²) >= 11 is 0. The van der Waals surface area contributed by atoms with E-state index in [9.17, 15) is 4.79 Å². The van der Waals surface area contributed by atoms with Gasteiger partial charge in [0.25, 0.3) is 0 Å². The molecule has 88 valence electrons. The third kappa shape index (κ3) is 4.18. The fourth-order valence-corrected chi connectivity index (χ4v) is 2.02. The van der Waals surface area contributed by atoms with Gasteiger partial charge in [-0.15, -0.1) is 0 Å². The quantitative estimate of drug-likeness (QED) is 0.671. The highest BCUT2D eigenvalue weighted by atomic mass is 16.3. The lowest BCUT2D eigenvalue weighted by Crippen LogP contribution is -2.38. The fourth-order valence-electron chi connectivity index (χ4n) is 2.02. The molecule has 0 aromatic carbocycles. The molecule has 1 unspecified atom stereocenters. The molecule has 0 saturated carbocycles. The minimum Gasteiger partial charge on any atom is -0.395 e. The predicted octanol–water partition coefficient (Wildman–Crippen LogP) is 0.359. The molecule has 1 heterocycles. The Labute approximate surface area is 91.6 Å². The van der Waals surface area contributed by atoms with Crippen LogP contribution in [0.5, 0.6) is 0 Å². The van der Waals surface area contributed by atoms with E-state index in [2.05, 4.69) is 5.32 Å². The highest BCUT2D eigenvalue weighted by Gasteiger charge is 2.20. The van der Waals surface area contributed by atoms with Crippen molar-refractivity contribution in [3.63, 3.8) is 0 Å². The summed E-state index contributed by atoms with van der Waals surface area (Å²) < 4.78 is 0. The molecule has 1 rings (SSSR count). The maximum atomic E-state index is 11.9. The van der Waals surface area contributed by atoms with E-state index in [0.29, 0.717) is 19.0 Å². The van der Waals surface area contributed by atoms with Gasteiger partial charge in [0.2, 0.25) is 5.91 Å². The molecule has 0 spiro atoms. The van der Waals surface area contributed by atoms with Crippen LogP contribution in [-0.2, 0) is 4.79 Å². The SMILES string of the molecule is CCCN(CCO)C(=O)CC1CCCN1. The van der Waals surface area contributed by atoms with Gasteiger partial charge in [-0.2, -0.15) is 0 Å². The lowest BCUT2D eigenvalue weighted by atomic mass is 10.1. The zero-order valence-corrected chi connectivity index (χ0v) is 9.54. The Balaban J connectivity index is 2.33. The maximum absolute atomic E-state index is 11.9. The topological polar surface area (TPSA) is 52.6 Å². The molecule has 1 fully saturated rings. The lowest BCUT2D eigenvalue weighted by Gasteiger charge is -2.22. The molecule has 1 saturated heterocycles. The standard InChI is InChI=1S/C11H22N2O2/c1-2-6-13(7-8-14)11(15)9-10-4-3-5-12-10/h10,12,14H,2-9H2,1H3. The molecule has 4 heteroatoms. The van der Waals surface area contributed by atoms with Gasteiger partial charge in [0, 0.05) is 25.6 Å². The molecule has 0 aliphatic carbocycles. The van der Waals surface area contributed by atoms with Gasteiger partial charge < -0.3 is 15.3 Å². The second kappa shape index (κ2) is 6.80. The van der Waals surface area contributed by atoms with Crippen molar-refractivity contribution < 1.29 is 9.90 Å². The second-order valence-electron chi connectivity index (χ2n) is 4.10. The van der Waals surface area contributed by atoms with E-state index in [4.69, 9.17) is 5.11 Å². The Morgan fingerprint density at radius 2 is 2.33 bits per heavy atom. The van der Waals surface area contributed by atoms with Gasteiger partial charge in [-0.05, 0) is 25.8 Å². The largest absolute Gasteiger partial charge is 0.395 e. The van der Waals surface area contributed by atoms with Crippen molar-refractivity contribution in [3.8, 4) is 0 Å². The molecular weight excluding hydrogens is 192 g/mol. The van der Waals surface area contributed by atoms with Gasteiger partial charge in [-0.25, -0.2) is 0 Å². The van der Waals surface area contributed by atoms with Crippen LogP contribution in [0.4, 0.5) is 0 Å². The summed E-state index contributed by atoms with van der Waals surface area (Å²) in [6.45, 7) is 4.37. The smallest absolute Gasteiger partial charge is 0.224 e. The van der Waals surface area contributed by atoms with Crippen molar-refractivity contribution in [2.75, 3.05) is 26.2 Å². The first-order valence-electron chi connectivity index (χ1n) is 5.90. The predicted molar refractivity (Wildman–Crippen MR) is 59.6 cm³/mol. The number of aliphatic hydroxyl groups excluding tert-OH is 1. The zero-order valence-electron chi connectivity index (χ0n) is 9.54. The molecule has 15 heavy (non-hydrogen) atoms. The van der Waals surface area contributed by atoms with Crippen LogP contribution < -0.4 is 5.32 Å². The lowest BCUT2D eigenvalue weighted by molar-refractivity contribution is -0.132. The van der Waals surface area contributed by atoms with Crippen LogP contribution in [0.1, 0.15) is 32.6 Å². The molecule has 1 amide bonds. The van der Waals surface area contributed by atoms with E-state index in [1.807, 2.05) is 6.92 Å². The van der Waals surface area contributed by atoms with Crippen molar-refractivity contribution >= 4 is 5.91 Å². The normalized spacial score (nSPS) is 20.5. The van der Waals surface area contributed by atoms with Gasteiger partial charge in [-0.3, -0.25) is 4.79 Å². The first-order valence-corrected chi connectivity index (χ1v) is 5.90. The summed E-state index contributed by atoms with van der Waals surface area (Å²) in [5, 5.41) is 12.2. The molecule has 0 radical (unpaired) electrons. The van der Waals surface area contributed by atoms with E-state index in [-0.39, 0.29) is 12.5 Å². The first-order chi connectivity index (χ1) is 7.27. The van der Waals surface area contributed by atoms with E-state index in [0.717, 1.165) is 25.9 Å². The van der Waals surface area contributed by atoms with Gasteiger partial charge >= 0.3 is 0 Å². The summed E-state index contributed by atoms with van der Waals surface area (Å²) in [5.74, 6) is 0.172. The molecule has 4 nitrogen and oxygen atoms in total. The summed E-state index contributed by atoms with van der Waals surface area (Å²) in [6, 6.07) is 0.357. The Morgan fingerprint density at radius 3 is 2.87 bits per heavy atom. The number of hydrogen-bond acceptors (Lipinski definition) is 3. The number of aliphatic hydroxyl groups is 1. The number of rotatable bonds is 6. The van der Waals surface area contributed by atoms with E-state index >= 15 is 0 Å². The monoisotopic (exact) mass is 214 g/mol.